The summed E-state index contributed by atoms with van der Waals surface area (Å²) in [6.45, 7) is 5.66. The first-order valence-electron chi connectivity index (χ1n) is 7.77. The van der Waals surface area contributed by atoms with Gasteiger partial charge in [-0.3, -0.25) is 4.79 Å². The second-order valence-corrected chi connectivity index (χ2v) is 6.06. The number of rotatable bonds is 7. The van der Waals surface area contributed by atoms with E-state index >= 15 is 0 Å². The highest BCUT2D eigenvalue weighted by Crippen LogP contribution is 2.33. The highest BCUT2D eigenvalue weighted by atomic mass is 16.5. The molecule has 1 amide bonds. The summed E-state index contributed by atoms with van der Waals surface area (Å²) in [5.41, 5.74) is 2.70. The number of amides is 1. The van der Waals surface area contributed by atoms with Crippen LogP contribution in [0.2, 0.25) is 0 Å². The van der Waals surface area contributed by atoms with E-state index in [0.29, 0.717) is 24.9 Å². The Labute approximate surface area is 127 Å². The van der Waals surface area contributed by atoms with E-state index in [9.17, 15) is 4.79 Å². The third-order valence-electron chi connectivity index (χ3n) is 3.88. The van der Waals surface area contributed by atoms with Gasteiger partial charge in [-0.05, 0) is 42.0 Å². The summed E-state index contributed by atoms with van der Waals surface area (Å²) in [4.78, 5) is 11.7. The molecule has 1 atom stereocenters. The van der Waals surface area contributed by atoms with Crippen LogP contribution in [-0.2, 0) is 11.2 Å². The van der Waals surface area contributed by atoms with Gasteiger partial charge in [0.15, 0.2) is 0 Å². The molecular weight excluding hydrogens is 264 g/mol. The molecule has 2 rings (SSSR count). The summed E-state index contributed by atoms with van der Waals surface area (Å²) >= 11 is 0. The van der Waals surface area contributed by atoms with Crippen LogP contribution in [0.1, 0.15) is 43.9 Å². The zero-order valence-corrected chi connectivity index (χ0v) is 13.2. The number of carbonyl (C=O) groups excluding carboxylic acids is 1. The normalized spacial score (nSPS) is 16.9. The number of ether oxygens (including phenoxy) is 1. The predicted molar refractivity (Wildman–Crippen MR) is 84.5 cm³/mol. The van der Waals surface area contributed by atoms with Crippen LogP contribution < -0.4 is 15.4 Å². The van der Waals surface area contributed by atoms with E-state index in [1.54, 1.807) is 7.11 Å². The Hall–Kier alpha value is -1.55. The molecule has 0 fully saturated rings. The van der Waals surface area contributed by atoms with Gasteiger partial charge < -0.3 is 15.4 Å². The Kier molecular flexibility index (Phi) is 5.62. The molecule has 0 spiro atoms. The lowest BCUT2D eigenvalue weighted by atomic mass is 10.1. The van der Waals surface area contributed by atoms with Crippen molar-refractivity contribution < 1.29 is 9.53 Å². The summed E-state index contributed by atoms with van der Waals surface area (Å²) in [6.07, 6.45) is 2.72. The largest absolute Gasteiger partial charge is 0.497 e. The molecule has 1 unspecified atom stereocenters. The van der Waals surface area contributed by atoms with E-state index in [1.165, 1.54) is 11.1 Å². The van der Waals surface area contributed by atoms with E-state index in [1.807, 2.05) is 6.07 Å². The van der Waals surface area contributed by atoms with Crippen LogP contribution in [0.5, 0.6) is 5.75 Å². The first-order chi connectivity index (χ1) is 10.1. The fraction of sp³-hybridized carbons (Fsp3) is 0.588. The van der Waals surface area contributed by atoms with Gasteiger partial charge >= 0.3 is 0 Å². The number of methoxy groups -OCH3 is 1. The second kappa shape index (κ2) is 7.46. The van der Waals surface area contributed by atoms with Gasteiger partial charge in [-0.25, -0.2) is 0 Å². The van der Waals surface area contributed by atoms with Gasteiger partial charge in [-0.1, -0.05) is 19.9 Å². The van der Waals surface area contributed by atoms with Crippen molar-refractivity contribution in [1.82, 2.24) is 10.6 Å². The van der Waals surface area contributed by atoms with Crippen LogP contribution in [-0.4, -0.2) is 26.1 Å². The minimum Gasteiger partial charge on any atom is -0.497 e. The predicted octanol–water partition coefficient (Wildman–Crippen LogP) is 2.43. The number of aryl methyl sites for hydroxylation is 1. The standard InChI is InChI=1S/C17H26N2O2/c1-12(2)11-19-17(20)8-9-18-16-7-5-13-4-6-14(21-3)10-15(13)16/h4,6,10,12,16,18H,5,7-9,11H2,1-3H3,(H,19,20). The van der Waals surface area contributed by atoms with Crippen molar-refractivity contribution >= 4 is 5.91 Å². The zero-order valence-electron chi connectivity index (χ0n) is 13.2. The molecule has 1 aromatic carbocycles. The smallest absolute Gasteiger partial charge is 0.221 e. The molecule has 1 aliphatic carbocycles. The fourth-order valence-corrected chi connectivity index (χ4v) is 2.69. The van der Waals surface area contributed by atoms with E-state index in [4.69, 9.17) is 4.74 Å². The van der Waals surface area contributed by atoms with Crippen molar-refractivity contribution in [2.45, 2.75) is 39.2 Å². The van der Waals surface area contributed by atoms with Crippen molar-refractivity contribution in [2.24, 2.45) is 5.92 Å². The van der Waals surface area contributed by atoms with Crippen molar-refractivity contribution in [3.05, 3.63) is 29.3 Å². The average Bonchev–Trinajstić information content (AvgIpc) is 2.87. The van der Waals surface area contributed by atoms with E-state index < -0.39 is 0 Å². The molecule has 4 heteroatoms. The van der Waals surface area contributed by atoms with Crippen LogP contribution in [0.4, 0.5) is 0 Å². The molecule has 2 N–H and O–H groups in total. The molecule has 116 valence electrons. The Morgan fingerprint density at radius 3 is 2.95 bits per heavy atom. The van der Waals surface area contributed by atoms with E-state index in [0.717, 1.165) is 25.1 Å². The third-order valence-corrected chi connectivity index (χ3v) is 3.88. The molecular formula is C17H26N2O2. The van der Waals surface area contributed by atoms with Crippen LogP contribution >= 0.6 is 0 Å². The monoisotopic (exact) mass is 290 g/mol. The lowest BCUT2D eigenvalue weighted by Gasteiger charge is -2.15. The second-order valence-electron chi connectivity index (χ2n) is 6.06. The van der Waals surface area contributed by atoms with Crippen LogP contribution in [0.15, 0.2) is 18.2 Å². The number of fused-ring (bicyclic) bond motifs is 1. The van der Waals surface area contributed by atoms with Crippen LogP contribution in [0.3, 0.4) is 0 Å². The zero-order chi connectivity index (χ0) is 15.2. The number of hydrogen-bond acceptors (Lipinski definition) is 3. The Morgan fingerprint density at radius 2 is 2.24 bits per heavy atom. The molecule has 1 aromatic rings. The topological polar surface area (TPSA) is 50.4 Å². The molecule has 4 nitrogen and oxygen atoms in total. The molecule has 0 heterocycles. The maximum Gasteiger partial charge on any atom is 0.221 e. The maximum absolute atomic E-state index is 11.7. The number of benzene rings is 1. The number of hydrogen-bond donors (Lipinski definition) is 2. The SMILES string of the molecule is COc1ccc2c(c1)C(NCCC(=O)NCC(C)C)CC2. The summed E-state index contributed by atoms with van der Waals surface area (Å²) < 4.78 is 5.29. The summed E-state index contributed by atoms with van der Waals surface area (Å²) in [5.74, 6) is 1.52. The molecule has 21 heavy (non-hydrogen) atoms. The van der Waals surface area contributed by atoms with Crippen LogP contribution in [0.25, 0.3) is 0 Å². The van der Waals surface area contributed by atoms with Crippen molar-refractivity contribution in [3.8, 4) is 5.75 Å². The summed E-state index contributed by atoms with van der Waals surface area (Å²) in [7, 11) is 1.69. The Bertz CT molecular complexity index is 486. The molecule has 0 aliphatic heterocycles. The minimum absolute atomic E-state index is 0.125. The maximum atomic E-state index is 11.7. The number of carbonyl (C=O) groups is 1. The lowest BCUT2D eigenvalue weighted by Crippen LogP contribution is -2.31. The molecule has 0 radical (unpaired) electrons. The van der Waals surface area contributed by atoms with Gasteiger partial charge in [0.05, 0.1) is 7.11 Å². The quantitative estimate of drug-likeness (QED) is 0.811. The summed E-state index contributed by atoms with van der Waals surface area (Å²) in [6, 6.07) is 6.61. The van der Waals surface area contributed by atoms with Gasteiger partial charge in [-0.15, -0.1) is 0 Å². The first-order valence-corrected chi connectivity index (χ1v) is 7.77. The van der Waals surface area contributed by atoms with Crippen molar-refractivity contribution in [2.75, 3.05) is 20.2 Å². The molecule has 0 saturated heterocycles. The molecule has 1 aliphatic rings. The van der Waals surface area contributed by atoms with Gasteiger partial charge in [0, 0.05) is 25.6 Å². The van der Waals surface area contributed by atoms with Gasteiger partial charge in [0.25, 0.3) is 0 Å². The third kappa shape index (κ3) is 4.46. The average molecular weight is 290 g/mol. The van der Waals surface area contributed by atoms with E-state index in [2.05, 4.69) is 36.6 Å². The van der Waals surface area contributed by atoms with Gasteiger partial charge in [0.2, 0.25) is 5.91 Å². The van der Waals surface area contributed by atoms with Gasteiger partial charge in [0.1, 0.15) is 5.75 Å². The van der Waals surface area contributed by atoms with Gasteiger partial charge in [-0.2, -0.15) is 0 Å². The Morgan fingerprint density at radius 1 is 1.43 bits per heavy atom. The molecule has 0 saturated carbocycles. The Balaban J connectivity index is 1.80. The first kappa shape index (κ1) is 15.8. The molecule has 0 bridgehead atoms. The highest BCUT2D eigenvalue weighted by Gasteiger charge is 2.22. The van der Waals surface area contributed by atoms with Crippen LogP contribution in [0, 0.1) is 5.92 Å². The minimum atomic E-state index is 0.125. The summed E-state index contributed by atoms with van der Waals surface area (Å²) in [5, 5.41) is 6.44. The van der Waals surface area contributed by atoms with Crippen molar-refractivity contribution in [1.29, 1.82) is 0 Å². The fourth-order valence-electron chi connectivity index (χ4n) is 2.69. The lowest BCUT2D eigenvalue weighted by molar-refractivity contribution is -0.121. The molecule has 0 aromatic heterocycles. The van der Waals surface area contributed by atoms with E-state index in [-0.39, 0.29) is 5.91 Å². The number of nitrogens with one attached hydrogen (secondary N) is 2. The van der Waals surface area contributed by atoms with Crippen molar-refractivity contribution in [3.63, 3.8) is 0 Å². The highest BCUT2D eigenvalue weighted by molar-refractivity contribution is 5.76.